The summed E-state index contributed by atoms with van der Waals surface area (Å²) in [5.74, 6) is 1.14. The van der Waals surface area contributed by atoms with Crippen molar-refractivity contribution in [3.05, 3.63) is 53.3 Å². The largest absolute Gasteiger partial charge is 0.354 e. The first-order valence-corrected chi connectivity index (χ1v) is 11.9. The van der Waals surface area contributed by atoms with Crippen LogP contribution in [0.2, 0.25) is 0 Å². The molecule has 1 N–H and O–H groups in total. The zero-order valence-electron chi connectivity index (χ0n) is 19.9. The number of piperidine rings is 1. The van der Waals surface area contributed by atoms with Crippen LogP contribution in [0.4, 0.5) is 0 Å². The number of aryl methyl sites for hydroxylation is 1. The number of rotatable bonds is 7. The van der Waals surface area contributed by atoms with Gasteiger partial charge in [-0.2, -0.15) is 0 Å². The molecule has 0 bridgehead atoms. The van der Waals surface area contributed by atoms with Crippen LogP contribution in [0.3, 0.4) is 0 Å². The number of nitrogens with one attached hydrogen (secondary N) is 1. The van der Waals surface area contributed by atoms with E-state index in [1.807, 2.05) is 6.20 Å². The molecule has 1 aromatic carbocycles. The van der Waals surface area contributed by atoms with Gasteiger partial charge in [0.15, 0.2) is 0 Å². The molecule has 0 unspecified atom stereocenters. The molecule has 2 aromatic heterocycles. The first kappa shape index (κ1) is 22.0. The fourth-order valence-corrected chi connectivity index (χ4v) is 5.11. The van der Waals surface area contributed by atoms with Crippen LogP contribution in [-0.2, 0) is 0 Å². The van der Waals surface area contributed by atoms with E-state index in [2.05, 4.69) is 85.0 Å². The van der Waals surface area contributed by atoms with Crippen molar-refractivity contribution < 1.29 is 0 Å². The third kappa shape index (κ3) is 5.02. The molecule has 0 radical (unpaired) electrons. The van der Waals surface area contributed by atoms with Crippen molar-refractivity contribution in [3.8, 4) is 11.3 Å². The van der Waals surface area contributed by atoms with Gasteiger partial charge in [-0.1, -0.05) is 19.9 Å². The molecule has 0 aliphatic carbocycles. The minimum Gasteiger partial charge on any atom is -0.354 e. The Labute approximate surface area is 187 Å². The number of hydrogen-bond acceptors (Lipinski definition) is 3. The minimum atomic E-state index is 0.464. The molecule has 0 spiro atoms. The predicted molar refractivity (Wildman–Crippen MR) is 132 cm³/mol. The van der Waals surface area contributed by atoms with Gasteiger partial charge in [-0.15, -0.1) is 0 Å². The summed E-state index contributed by atoms with van der Waals surface area (Å²) in [6, 6.07) is 11.4. The second-order valence-corrected chi connectivity index (χ2v) is 9.83. The van der Waals surface area contributed by atoms with Gasteiger partial charge in [0, 0.05) is 28.4 Å². The van der Waals surface area contributed by atoms with Gasteiger partial charge in [-0.3, -0.25) is 4.98 Å². The maximum Gasteiger partial charge on any atom is 0.0501 e. The highest BCUT2D eigenvalue weighted by atomic mass is 15.1. The molecule has 1 aliphatic heterocycles. The molecule has 0 amide bonds. The Morgan fingerprint density at radius 3 is 2.58 bits per heavy atom. The van der Waals surface area contributed by atoms with Crippen molar-refractivity contribution in [1.82, 2.24) is 19.8 Å². The highest BCUT2D eigenvalue weighted by molar-refractivity contribution is 5.92. The molecule has 4 heteroatoms. The van der Waals surface area contributed by atoms with Gasteiger partial charge in [0.1, 0.15) is 0 Å². The fraction of sp³-hybridized carbons (Fsp3) is 0.519. The van der Waals surface area contributed by atoms with E-state index in [0.29, 0.717) is 11.8 Å². The SMILES string of the molecule is Cc1cc(-c2[nH]c3ccc(C4CCN(CCCN(C)C)CC4)cc3c2C(C)C)ccn1. The highest BCUT2D eigenvalue weighted by Crippen LogP contribution is 2.38. The van der Waals surface area contributed by atoms with E-state index in [0.717, 1.165) is 5.69 Å². The van der Waals surface area contributed by atoms with Gasteiger partial charge in [0.25, 0.3) is 0 Å². The zero-order valence-corrected chi connectivity index (χ0v) is 19.9. The number of nitrogens with zero attached hydrogens (tertiary/aromatic N) is 3. The Morgan fingerprint density at radius 2 is 1.90 bits per heavy atom. The Hall–Kier alpha value is -2.17. The standard InChI is InChI=1S/C27H38N4/c1-19(2)26-24-18-22(21-10-15-31(16-11-21)14-6-13-30(4)5)7-8-25(24)29-27(26)23-9-12-28-20(3)17-23/h7-9,12,17-19,21,29H,6,10-11,13-16H2,1-5H3. The van der Waals surface area contributed by atoms with Crippen LogP contribution < -0.4 is 0 Å². The molecular weight excluding hydrogens is 380 g/mol. The molecule has 1 aliphatic rings. The molecule has 3 heterocycles. The van der Waals surface area contributed by atoms with Gasteiger partial charge >= 0.3 is 0 Å². The summed E-state index contributed by atoms with van der Waals surface area (Å²) < 4.78 is 0. The Morgan fingerprint density at radius 1 is 1.13 bits per heavy atom. The molecular formula is C27H38N4. The summed E-state index contributed by atoms with van der Waals surface area (Å²) in [6.45, 7) is 11.5. The number of likely N-dealkylation sites (tertiary alicyclic amines) is 1. The Kier molecular flexibility index (Phi) is 6.78. The molecule has 4 nitrogen and oxygen atoms in total. The van der Waals surface area contributed by atoms with Crippen LogP contribution in [0.25, 0.3) is 22.2 Å². The Bertz CT molecular complexity index is 1010. The Balaban J connectivity index is 1.55. The van der Waals surface area contributed by atoms with Gasteiger partial charge in [0.05, 0.1) is 5.69 Å². The van der Waals surface area contributed by atoms with E-state index in [4.69, 9.17) is 0 Å². The smallest absolute Gasteiger partial charge is 0.0501 e. The third-order valence-electron chi connectivity index (χ3n) is 6.76. The minimum absolute atomic E-state index is 0.464. The topological polar surface area (TPSA) is 35.2 Å². The number of aromatic nitrogens is 2. The molecule has 1 fully saturated rings. The molecule has 0 saturated carbocycles. The molecule has 3 aromatic rings. The fourth-order valence-electron chi connectivity index (χ4n) is 5.11. The molecule has 166 valence electrons. The average molecular weight is 419 g/mol. The van der Waals surface area contributed by atoms with Crippen LogP contribution in [0.5, 0.6) is 0 Å². The lowest BCUT2D eigenvalue weighted by molar-refractivity contribution is 0.203. The van der Waals surface area contributed by atoms with Crippen molar-refractivity contribution >= 4 is 10.9 Å². The molecule has 0 atom stereocenters. The second-order valence-electron chi connectivity index (χ2n) is 9.83. The predicted octanol–water partition coefficient (Wildman–Crippen LogP) is 5.79. The van der Waals surface area contributed by atoms with Gasteiger partial charge in [-0.05, 0) is 114 Å². The lowest BCUT2D eigenvalue weighted by Gasteiger charge is -2.32. The number of hydrogen-bond donors (Lipinski definition) is 1. The van der Waals surface area contributed by atoms with Crippen molar-refractivity contribution in [2.45, 2.75) is 51.9 Å². The summed E-state index contributed by atoms with van der Waals surface area (Å²) in [6.07, 6.45) is 5.72. The zero-order chi connectivity index (χ0) is 22.0. The van der Waals surface area contributed by atoms with Crippen molar-refractivity contribution in [1.29, 1.82) is 0 Å². The van der Waals surface area contributed by atoms with Crippen molar-refractivity contribution in [2.75, 3.05) is 40.3 Å². The number of H-pyrrole nitrogens is 1. The quantitative estimate of drug-likeness (QED) is 0.527. The molecule has 31 heavy (non-hydrogen) atoms. The maximum atomic E-state index is 4.38. The second kappa shape index (κ2) is 9.54. The number of aromatic amines is 1. The van der Waals surface area contributed by atoms with E-state index in [1.165, 1.54) is 78.7 Å². The lowest BCUT2D eigenvalue weighted by Crippen LogP contribution is -2.34. The average Bonchev–Trinajstić information content (AvgIpc) is 3.13. The summed E-state index contributed by atoms with van der Waals surface area (Å²) >= 11 is 0. The number of pyridine rings is 1. The third-order valence-corrected chi connectivity index (χ3v) is 6.76. The van der Waals surface area contributed by atoms with Gasteiger partial charge < -0.3 is 14.8 Å². The molecule has 1 saturated heterocycles. The normalized spacial score (nSPS) is 16.1. The van der Waals surface area contributed by atoms with Crippen molar-refractivity contribution in [3.63, 3.8) is 0 Å². The summed E-state index contributed by atoms with van der Waals surface area (Å²) in [7, 11) is 4.33. The van der Waals surface area contributed by atoms with Crippen molar-refractivity contribution in [2.24, 2.45) is 0 Å². The van der Waals surface area contributed by atoms with Gasteiger partial charge in [-0.25, -0.2) is 0 Å². The van der Waals surface area contributed by atoms with E-state index in [1.54, 1.807) is 0 Å². The monoisotopic (exact) mass is 418 g/mol. The van der Waals surface area contributed by atoms with Crippen LogP contribution in [0.1, 0.15) is 61.8 Å². The van der Waals surface area contributed by atoms with Crippen LogP contribution in [-0.4, -0.2) is 60.0 Å². The van der Waals surface area contributed by atoms with Crippen LogP contribution in [0.15, 0.2) is 36.5 Å². The van der Waals surface area contributed by atoms with E-state index in [9.17, 15) is 0 Å². The van der Waals surface area contributed by atoms with E-state index in [-0.39, 0.29) is 0 Å². The first-order valence-electron chi connectivity index (χ1n) is 11.9. The highest BCUT2D eigenvalue weighted by Gasteiger charge is 2.22. The van der Waals surface area contributed by atoms with Gasteiger partial charge in [0.2, 0.25) is 0 Å². The number of fused-ring (bicyclic) bond motifs is 1. The van der Waals surface area contributed by atoms with E-state index >= 15 is 0 Å². The summed E-state index contributed by atoms with van der Waals surface area (Å²) in [5, 5.41) is 1.39. The molecule has 4 rings (SSSR count). The lowest BCUT2D eigenvalue weighted by atomic mass is 9.87. The summed E-state index contributed by atoms with van der Waals surface area (Å²) in [5.41, 5.74) is 7.74. The number of benzene rings is 1. The maximum absolute atomic E-state index is 4.38. The summed E-state index contributed by atoms with van der Waals surface area (Å²) in [4.78, 5) is 13.0. The first-order chi connectivity index (χ1) is 14.9. The van der Waals surface area contributed by atoms with E-state index < -0.39 is 0 Å². The van der Waals surface area contributed by atoms with Crippen LogP contribution >= 0.6 is 0 Å². The van der Waals surface area contributed by atoms with Crippen LogP contribution in [0, 0.1) is 6.92 Å².